The van der Waals surface area contributed by atoms with E-state index in [0.29, 0.717) is 5.75 Å². The minimum absolute atomic E-state index is 0.188. The maximum atomic E-state index is 12.6. The fourth-order valence-electron chi connectivity index (χ4n) is 3.03. The van der Waals surface area contributed by atoms with E-state index in [0.717, 1.165) is 54.1 Å². The molecule has 2 heterocycles. The second-order valence-corrected chi connectivity index (χ2v) is 8.62. The summed E-state index contributed by atoms with van der Waals surface area (Å²) in [6.45, 7) is 9.00. The molecule has 0 radical (unpaired) electrons. The number of nitrogens with zero attached hydrogens (tertiary/aromatic N) is 4. The largest absolute Gasteiger partial charge is 0.339 e. The van der Waals surface area contributed by atoms with Gasteiger partial charge in [-0.25, -0.2) is 9.97 Å². The van der Waals surface area contributed by atoms with Crippen molar-refractivity contribution in [1.82, 2.24) is 19.8 Å². The maximum Gasteiger partial charge on any atom is 0.233 e. The molecule has 1 aliphatic heterocycles. The highest BCUT2D eigenvalue weighted by molar-refractivity contribution is 8.02. The minimum atomic E-state index is 0.188. The first-order valence-corrected chi connectivity index (χ1v) is 11.1. The van der Waals surface area contributed by atoms with Crippen molar-refractivity contribution in [2.45, 2.75) is 35.2 Å². The van der Waals surface area contributed by atoms with Gasteiger partial charge in [0, 0.05) is 43.5 Å². The van der Waals surface area contributed by atoms with Crippen LogP contribution in [0.1, 0.15) is 18.9 Å². The van der Waals surface area contributed by atoms with Crippen LogP contribution in [0, 0.1) is 6.92 Å². The molecule has 1 fully saturated rings. The van der Waals surface area contributed by atoms with Gasteiger partial charge in [-0.2, -0.15) is 0 Å². The SMILES string of the molecule is CCCN1CCN(C(=O)CSc2nccnc2Sc2cccc(C)c2)CC1. The third kappa shape index (κ3) is 5.96. The van der Waals surface area contributed by atoms with E-state index in [1.165, 1.54) is 17.3 Å². The van der Waals surface area contributed by atoms with E-state index >= 15 is 0 Å². The summed E-state index contributed by atoms with van der Waals surface area (Å²) in [5.41, 5.74) is 1.22. The molecule has 0 saturated carbocycles. The number of hydrogen-bond acceptors (Lipinski definition) is 6. The first kappa shape index (κ1) is 20.2. The monoisotopic (exact) mass is 402 g/mol. The predicted octanol–water partition coefficient (Wildman–Crippen LogP) is 3.58. The molecule has 1 saturated heterocycles. The van der Waals surface area contributed by atoms with Crippen molar-refractivity contribution in [2.75, 3.05) is 38.5 Å². The van der Waals surface area contributed by atoms with Crippen LogP contribution in [-0.4, -0.2) is 64.2 Å². The fraction of sp³-hybridized carbons (Fsp3) is 0.450. The number of carbonyl (C=O) groups is 1. The summed E-state index contributed by atoms with van der Waals surface area (Å²) in [5.74, 6) is 0.599. The Morgan fingerprint density at radius 3 is 2.56 bits per heavy atom. The van der Waals surface area contributed by atoms with Crippen molar-refractivity contribution in [3.8, 4) is 0 Å². The van der Waals surface area contributed by atoms with Crippen molar-refractivity contribution in [3.63, 3.8) is 0 Å². The van der Waals surface area contributed by atoms with Crippen LogP contribution < -0.4 is 0 Å². The Kier molecular flexibility index (Phi) is 7.55. The van der Waals surface area contributed by atoms with E-state index in [4.69, 9.17) is 0 Å². The molecular formula is C20H26N4OS2. The lowest BCUT2D eigenvalue weighted by molar-refractivity contribution is -0.130. The number of hydrogen-bond donors (Lipinski definition) is 0. The van der Waals surface area contributed by atoms with Gasteiger partial charge in [-0.15, -0.1) is 0 Å². The summed E-state index contributed by atoms with van der Waals surface area (Å²) in [7, 11) is 0. The van der Waals surface area contributed by atoms with Gasteiger partial charge in [-0.05, 0) is 32.0 Å². The van der Waals surface area contributed by atoms with Gasteiger partial charge in [0.1, 0.15) is 10.1 Å². The number of thioether (sulfide) groups is 1. The number of benzene rings is 1. The Labute approximate surface area is 169 Å². The molecule has 1 aromatic carbocycles. The zero-order valence-electron chi connectivity index (χ0n) is 15.9. The van der Waals surface area contributed by atoms with Gasteiger partial charge in [0.15, 0.2) is 0 Å². The van der Waals surface area contributed by atoms with Gasteiger partial charge < -0.3 is 4.90 Å². The van der Waals surface area contributed by atoms with E-state index in [9.17, 15) is 4.79 Å². The summed E-state index contributed by atoms with van der Waals surface area (Å²) in [5, 5.41) is 1.68. The molecule has 0 spiro atoms. The average Bonchev–Trinajstić information content (AvgIpc) is 2.68. The number of aromatic nitrogens is 2. The Balaban J connectivity index is 1.56. The van der Waals surface area contributed by atoms with Gasteiger partial charge in [0.25, 0.3) is 0 Å². The van der Waals surface area contributed by atoms with Gasteiger partial charge >= 0.3 is 0 Å². The standard InChI is InChI=1S/C20H26N4OS2/c1-3-9-23-10-12-24(13-11-23)18(25)15-26-19-20(22-8-7-21-19)27-17-6-4-5-16(2)14-17/h4-8,14H,3,9-13,15H2,1-2H3. The van der Waals surface area contributed by atoms with Crippen LogP contribution in [0.2, 0.25) is 0 Å². The third-order valence-electron chi connectivity index (χ3n) is 4.43. The molecule has 0 bridgehead atoms. The van der Waals surface area contributed by atoms with E-state index in [-0.39, 0.29) is 5.91 Å². The zero-order chi connectivity index (χ0) is 19.1. The Morgan fingerprint density at radius 1 is 1.11 bits per heavy atom. The molecular weight excluding hydrogens is 376 g/mol. The number of piperazine rings is 1. The van der Waals surface area contributed by atoms with Crippen molar-refractivity contribution in [3.05, 3.63) is 42.2 Å². The highest BCUT2D eigenvalue weighted by Crippen LogP contribution is 2.32. The van der Waals surface area contributed by atoms with Crippen LogP contribution in [0.25, 0.3) is 0 Å². The lowest BCUT2D eigenvalue weighted by Crippen LogP contribution is -2.49. The lowest BCUT2D eigenvalue weighted by Gasteiger charge is -2.34. The molecule has 1 amide bonds. The quantitative estimate of drug-likeness (QED) is 0.660. The van der Waals surface area contributed by atoms with Gasteiger partial charge in [0.05, 0.1) is 5.75 Å². The normalized spacial score (nSPS) is 15.1. The van der Waals surface area contributed by atoms with E-state index in [2.05, 4.69) is 46.9 Å². The molecule has 0 atom stereocenters. The molecule has 1 aromatic heterocycles. The molecule has 0 N–H and O–H groups in total. The molecule has 0 aliphatic carbocycles. The Bertz CT molecular complexity index is 763. The Morgan fingerprint density at radius 2 is 1.85 bits per heavy atom. The van der Waals surface area contributed by atoms with E-state index in [1.54, 1.807) is 24.2 Å². The molecule has 0 unspecified atom stereocenters. The van der Waals surface area contributed by atoms with E-state index < -0.39 is 0 Å². The minimum Gasteiger partial charge on any atom is -0.339 e. The summed E-state index contributed by atoms with van der Waals surface area (Å²) in [4.78, 5) is 27.0. The van der Waals surface area contributed by atoms with Crippen LogP contribution in [0.3, 0.4) is 0 Å². The van der Waals surface area contributed by atoms with Crippen LogP contribution in [0.4, 0.5) is 0 Å². The second-order valence-electron chi connectivity index (χ2n) is 6.60. The van der Waals surface area contributed by atoms with Crippen molar-refractivity contribution >= 4 is 29.4 Å². The maximum absolute atomic E-state index is 12.6. The summed E-state index contributed by atoms with van der Waals surface area (Å²) >= 11 is 3.08. The highest BCUT2D eigenvalue weighted by atomic mass is 32.2. The van der Waals surface area contributed by atoms with Crippen molar-refractivity contribution in [1.29, 1.82) is 0 Å². The summed E-state index contributed by atoms with van der Waals surface area (Å²) in [6, 6.07) is 8.33. The number of carbonyl (C=O) groups excluding carboxylic acids is 1. The number of amides is 1. The van der Waals surface area contributed by atoms with Gasteiger partial charge in [-0.1, -0.05) is 48.1 Å². The molecule has 2 aromatic rings. The van der Waals surface area contributed by atoms with Crippen molar-refractivity contribution in [2.24, 2.45) is 0 Å². The molecule has 1 aliphatic rings. The predicted molar refractivity (Wildman–Crippen MR) is 111 cm³/mol. The van der Waals surface area contributed by atoms with E-state index in [1.807, 2.05) is 11.0 Å². The van der Waals surface area contributed by atoms with Crippen LogP contribution in [0.5, 0.6) is 0 Å². The highest BCUT2D eigenvalue weighted by Gasteiger charge is 2.21. The average molecular weight is 403 g/mol. The second kappa shape index (κ2) is 10.1. The lowest BCUT2D eigenvalue weighted by atomic mass is 10.2. The third-order valence-corrected chi connectivity index (χ3v) is 6.51. The van der Waals surface area contributed by atoms with Crippen molar-refractivity contribution < 1.29 is 4.79 Å². The van der Waals surface area contributed by atoms with Gasteiger partial charge in [-0.3, -0.25) is 9.69 Å². The summed E-state index contributed by atoms with van der Waals surface area (Å²) in [6.07, 6.45) is 4.56. The number of rotatable bonds is 7. The zero-order valence-corrected chi connectivity index (χ0v) is 17.6. The van der Waals surface area contributed by atoms with Crippen LogP contribution >= 0.6 is 23.5 Å². The molecule has 7 heteroatoms. The first-order valence-electron chi connectivity index (χ1n) is 9.34. The van der Waals surface area contributed by atoms with Crippen LogP contribution in [0.15, 0.2) is 51.6 Å². The fourth-order valence-corrected chi connectivity index (χ4v) is 4.95. The van der Waals surface area contributed by atoms with Crippen LogP contribution in [-0.2, 0) is 4.79 Å². The molecule has 27 heavy (non-hydrogen) atoms. The Hall–Kier alpha value is -1.57. The van der Waals surface area contributed by atoms with Gasteiger partial charge in [0.2, 0.25) is 5.91 Å². The first-order chi connectivity index (χ1) is 13.2. The number of aryl methyl sites for hydroxylation is 1. The molecule has 144 valence electrons. The molecule has 3 rings (SSSR count). The smallest absolute Gasteiger partial charge is 0.233 e. The summed E-state index contributed by atoms with van der Waals surface area (Å²) < 4.78 is 0. The molecule has 5 nitrogen and oxygen atoms in total. The topological polar surface area (TPSA) is 49.3 Å².